The van der Waals surface area contributed by atoms with Crippen LogP contribution in [0.4, 0.5) is 0 Å². The van der Waals surface area contributed by atoms with Crippen LogP contribution in [0, 0.1) is 0 Å². The van der Waals surface area contributed by atoms with E-state index in [-0.39, 0.29) is 0 Å². The van der Waals surface area contributed by atoms with Crippen LogP contribution in [0.5, 0.6) is 0 Å². The van der Waals surface area contributed by atoms with Crippen molar-refractivity contribution in [3.8, 4) is 0 Å². The number of unbranched alkanes of at least 4 members (excludes halogenated alkanes) is 3. The van der Waals surface area contributed by atoms with Crippen LogP contribution in [0.15, 0.2) is 5.38 Å². The first-order valence-electron chi connectivity index (χ1n) is 7.70. The molecule has 108 valence electrons. The molecule has 1 unspecified atom stereocenters. The summed E-state index contributed by atoms with van der Waals surface area (Å²) in [5, 5.41) is 6.97. The second kappa shape index (κ2) is 7.98. The van der Waals surface area contributed by atoms with E-state index in [1.165, 1.54) is 36.4 Å². The highest BCUT2D eigenvalue weighted by molar-refractivity contribution is 7.09. The number of rotatable bonds is 7. The van der Waals surface area contributed by atoms with Gasteiger partial charge in [-0.05, 0) is 19.8 Å². The summed E-state index contributed by atoms with van der Waals surface area (Å²) in [5.74, 6) is 0. The third-order valence-electron chi connectivity index (χ3n) is 3.91. The monoisotopic (exact) mass is 281 g/mol. The predicted molar refractivity (Wildman–Crippen MR) is 82.8 cm³/mol. The number of piperazine rings is 1. The van der Waals surface area contributed by atoms with Gasteiger partial charge in [-0.1, -0.05) is 26.2 Å². The van der Waals surface area contributed by atoms with Crippen LogP contribution in [0.1, 0.15) is 56.3 Å². The van der Waals surface area contributed by atoms with Gasteiger partial charge in [-0.25, -0.2) is 4.98 Å². The SMILES string of the molecule is CCCCCCc1csc(C(C)N2CCNCC2)n1. The van der Waals surface area contributed by atoms with E-state index in [0.717, 1.165) is 32.6 Å². The van der Waals surface area contributed by atoms with Crippen LogP contribution in [-0.4, -0.2) is 36.1 Å². The number of aryl methyl sites for hydroxylation is 1. The Hall–Kier alpha value is -0.450. The number of thiazole rings is 1. The molecule has 0 saturated carbocycles. The van der Waals surface area contributed by atoms with E-state index >= 15 is 0 Å². The second-order valence-electron chi connectivity index (χ2n) is 5.45. The Bertz CT molecular complexity index is 358. The molecule has 0 aromatic carbocycles. The molecular formula is C15H27N3S. The summed E-state index contributed by atoms with van der Waals surface area (Å²) in [6, 6.07) is 0.483. The topological polar surface area (TPSA) is 28.2 Å². The molecule has 1 saturated heterocycles. The van der Waals surface area contributed by atoms with Gasteiger partial charge in [0.05, 0.1) is 11.7 Å². The number of hydrogen-bond donors (Lipinski definition) is 1. The van der Waals surface area contributed by atoms with Gasteiger partial charge in [-0.3, -0.25) is 4.90 Å². The molecule has 19 heavy (non-hydrogen) atoms. The first-order valence-corrected chi connectivity index (χ1v) is 8.58. The minimum absolute atomic E-state index is 0.483. The lowest BCUT2D eigenvalue weighted by atomic mass is 10.1. The molecule has 0 amide bonds. The maximum Gasteiger partial charge on any atom is 0.110 e. The molecule has 1 aromatic heterocycles. The van der Waals surface area contributed by atoms with Gasteiger partial charge in [-0.2, -0.15) is 0 Å². The van der Waals surface area contributed by atoms with E-state index in [0.29, 0.717) is 6.04 Å². The van der Waals surface area contributed by atoms with Gasteiger partial charge < -0.3 is 5.32 Å². The molecule has 0 radical (unpaired) electrons. The van der Waals surface area contributed by atoms with Crippen LogP contribution in [0.2, 0.25) is 0 Å². The smallest absolute Gasteiger partial charge is 0.110 e. The molecule has 4 heteroatoms. The van der Waals surface area contributed by atoms with E-state index in [2.05, 4.69) is 29.4 Å². The Balaban J connectivity index is 1.81. The largest absolute Gasteiger partial charge is 0.314 e. The molecule has 0 aliphatic carbocycles. The number of aromatic nitrogens is 1. The number of hydrogen-bond acceptors (Lipinski definition) is 4. The maximum absolute atomic E-state index is 4.84. The average molecular weight is 281 g/mol. The zero-order valence-electron chi connectivity index (χ0n) is 12.3. The standard InChI is InChI=1S/C15H27N3S/c1-3-4-5-6-7-14-12-19-15(17-14)13(2)18-10-8-16-9-11-18/h12-13,16H,3-11H2,1-2H3. The summed E-state index contributed by atoms with van der Waals surface area (Å²) in [5.41, 5.74) is 1.30. The highest BCUT2D eigenvalue weighted by Gasteiger charge is 2.20. The predicted octanol–water partition coefficient (Wildman–Crippen LogP) is 3.23. The third kappa shape index (κ3) is 4.55. The molecule has 1 fully saturated rings. The Morgan fingerprint density at radius 1 is 1.32 bits per heavy atom. The molecule has 1 aliphatic rings. The lowest BCUT2D eigenvalue weighted by Gasteiger charge is -2.31. The number of nitrogens with one attached hydrogen (secondary N) is 1. The molecule has 0 spiro atoms. The fourth-order valence-corrected chi connectivity index (χ4v) is 3.53. The van der Waals surface area contributed by atoms with Crippen LogP contribution < -0.4 is 5.32 Å². The molecule has 2 rings (SSSR count). The van der Waals surface area contributed by atoms with E-state index in [1.54, 1.807) is 0 Å². The molecule has 3 nitrogen and oxygen atoms in total. The van der Waals surface area contributed by atoms with Gasteiger partial charge in [0.25, 0.3) is 0 Å². The van der Waals surface area contributed by atoms with E-state index in [9.17, 15) is 0 Å². The summed E-state index contributed by atoms with van der Waals surface area (Å²) >= 11 is 1.84. The van der Waals surface area contributed by atoms with Gasteiger partial charge in [0.2, 0.25) is 0 Å². The molecule has 0 bridgehead atoms. The molecule has 1 aliphatic heterocycles. The summed E-state index contributed by atoms with van der Waals surface area (Å²) in [4.78, 5) is 7.38. The summed E-state index contributed by atoms with van der Waals surface area (Å²) in [7, 11) is 0. The lowest BCUT2D eigenvalue weighted by molar-refractivity contribution is 0.185. The summed E-state index contributed by atoms with van der Waals surface area (Å²) < 4.78 is 0. The van der Waals surface area contributed by atoms with Crippen molar-refractivity contribution >= 4 is 11.3 Å². The zero-order chi connectivity index (χ0) is 13.5. The lowest BCUT2D eigenvalue weighted by Crippen LogP contribution is -2.44. The van der Waals surface area contributed by atoms with Crippen molar-refractivity contribution in [2.24, 2.45) is 0 Å². The zero-order valence-corrected chi connectivity index (χ0v) is 13.1. The Morgan fingerprint density at radius 3 is 2.84 bits per heavy atom. The molecule has 1 N–H and O–H groups in total. The Kier molecular flexibility index (Phi) is 6.28. The van der Waals surface area contributed by atoms with Crippen molar-refractivity contribution < 1.29 is 0 Å². The van der Waals surface area contributed by atoms with Gasteiger partial charge >= 0.3 is 0 Å². The van der Waals surface area contributed by atoms with Crippen molar-refractivity contribution in [3.05, 3.63) is 16.1 Å². The van der Waals surface area contributed by atoms with E-state index < -0.39 is 0 Å². The third-order valence-corrected chi connectivity index (χ3v) is 4.98. The van der Waals surface area contributed by atoms with E-state index in [4.69, 9.17) is 4.98 Å². The minimum Gasteiger partial charge on any atom is -0.314 e. The highest BCUT2D eigenvalue weighted by Crippen LogP contribution is 2.24. The maximum atomic E-state index is 4.84. The van der Waals surface area contributed by atoms with Gasteiger partial charge in [0, 0.05) is 31.6 Å². The summed E-state index contributed by atoms with van der Waals surface area (Å²) in [6.45, 7) is 9.07. The summed E-state index contributed by atoms with van der Waals surface area (Å²) in [6.07, 6.45) is 6.46. The van der Waals surface area contributed by atoms with Crippen LogP contribution in [-0.2, 0) is 6.42 Å². The van der Waals surface area contributed by atoms with Crippen molar-refractivity contribution in [3.63, 3.8) is 0 Å². The minimum atomic E-state index is 0.483. The van der Waals surface area contributed by atoms with Crippen molar-refractivity contribution in [2.75, 3.05) is 26.2 Å². The molecule has 1 atom stereocenters. The average Bonchev–Trinajstić information content (AvgIpc) is 2.92. The molecular weight excluding hydrogens is 254 g/mol. The van der Waals surface area contributed by atoms with Gasteiger partial charge in [-0.15, -0.1) is 11.3 Å². The molecule has 1 aromatic rings. The van der Waals surface area contributed by atoms with Crippen LogP contribution >= 0.6 is 11.3 Å². The highest BCUT2D eigenvalue weighted by atomic mass is 32.1. The van der Waals surface area contributed by atoms with Crippen LogP contribution in [0.25, 0.3) is 0 Å². The quantitative estimate of drug-likeness (QED) is 0.778. The van der Waals surface area contributed by atoms with Gasteiger partial charge in [0.15, 0.2) is 0 Å². The van der Waals surface area contributed by atoms with E-state index in [1.807, 2.05) is 11.3 Å². The fourth-order valence-electron chi connectivity index (χ4n) is 2.59. The first kappa shape index (κ1) is 14.9. The Morgan fingerprint density at radius 2 is 2.11 bits per heavy atom. The normalized spacial score (nSPS) is 18.6. The van der Waals surface area contributed by atoms with Crippen molar-refractivity contribution in [1.29, 1.82) is 0 Å². The fraction of sp³-hybridized carbons (Fsp3) is 0.800. The van der Waals surface area contributed by atoms with Crippen molar-refractivity contribution in [1.82, 2.24) is 15.2 Å². The van der Waals surface area contributed by atoms with Crippen molar-refractivity contribution in [2.45, 2.75) is 52.0 Å². The molecule has 2 heterocycles. The second-order valence-corrected chi connectivity index (χ2v) is 6.34. The number of nitrogens with zero attached hydrogens (tertiary/aromatic N) is 2. The van der Waals surface area contributed by atoms with Gasteiger partial charge in [0.1, 0.15) is 5.01 Å². The van der Waals surface area contributed by atoms with Crippen LogP contribution in [0.3, 0.4) is 0 Å². The Labute approximate surface area is 121 Å². The first-order chi connectivity index (χ1) is 9.31.